The molecule has 7 nitrogen and oxygen atoms in total. The molecule has 1 aliphatic heterocycles. The van der Waals surface area contributed by atoms with E-state index in [1.165, 1.54) is 19.3 Å². The average molecular weight is 349 g/mol. The molecule has 7 heteroatoms. The van der Waals surface area contributed by atoms with Crippen molar-refractivity contribution in [2.75, 3.05) is 26.2 Å². The molecule has 1 saturated heterocycles. The second-order valence-corrected chi connectivity index (χ2v) is 7.33. The molecule has 2 fully saturated rings. The fourth-order valence-electron chi connectivity index (χ4n) is 3.83. The van der Waals surface area contributed by atoms with Gasteiger partial charge < -0.3 is 10.1 Å². The van der Waals surface area contributed by atoms with E-state index in [0.717, 1.165) is 50.7 Å². The largest absolute Gasteiger partial charge is 0.374 e. The first-order valence-electron chi connectivity index (χ1n) is 9.61. The van der Waals surface area contributed by atoms with E-state index in [-0.39, 0.29) is 12.0 Å². The highest BCUT2D eigenvalue weighted by atomic mass is 16.5. The topological polar surface area (TPSA) is 72.3 Å². The lowest BCUT2D eigenvalue weighted by Gasteiger charge is -2.33. The van der Waals surface area contributed by atoms with Crippen molar-refractivity contribution in [3.8, 4) is 0 Å². The van der Waals surface area contributed by atoms with Gasteiger partial charge in [-0.05, 0) is 26.7 Å². The van der Waals surface area contributed by atoms with Gasteiger partial charge in [0.25, 0.3) is 0 Å². The average Bonchev–Trinajstić information content (AvgIpc) is 2.91. The van der Waals surface area contributed by atoms with Crippen molar-refractivity contribution >= 4 is 5.91 Å². The molecule has 25 heavy (non-hydrogen) atoms. The van der Waals surface area contributed by atoms with Crippen LogP contribution in [0.15, 0.2) is 0 Å². The molecular weight excluding hydrogens is 318 g/mol. The summed E-state index contributed by atoms with van der Waals surface area (Å²) in [4.78, 5) is 18.8. The van der Waals surface area contributed by atoms with Crippen LogP contribution in [-0.4, -0.2) is 64.0 Å². The van der Waals surface area contributed by atoms with Crippen molar-refractivity contribution in [3.05, 3.63) is 11.6 Å². The lowest BCUT2D eigenvalue weighted by molar-refractivity contribution is -0.122. The summed E-state index contributed by atoms with van der Waals surface area (Å²) in [6.45, 7) is 7.84. The molecule has 2 heterocycles. The standard InChI is InChI=1S/C18H31N5O2/c1-14-19-15(2)23(21-14)13-17-12-22(10-11-25-17)9-8-18(24)20-16-6-4-3-5-7-16/h16-17H,3-13H2,1-2H3,(H,20,24). The normalized spacial score (nSPS) is 22.9. The van der Waals surface area contributed by atoms with Gasteiger partial charge in [0.15, 0.2) is 0 Å². The molecule has 1 atom stereocenters. The lowest BCUT2D eigenvalue weighted by atomic mass is 9.95. The van der Waals surface area contributed by atoms with Crippen LogP contribution in [0.3, 0.4) is 0 Å². The zero-order chi connectivity index (χ0) is 17.6. The maximum atomic E-state index is 12.2. The minimum Gasteiger partial charge on any atom is -0.374 e. The third-order valence-corrected chi connectivity index (χ3v) is 5.19. The van der Waals surface area contributed by atoms with Crippen molar-refractivity contribution in [2.24, 2.45) is 0 Å². The third-order valence-electron chi connectivity index (χ3n) is 5.19. The number of hydrogen-bond acceptors (Lipinski definition) is 5. The van der Waals surface area contributed by atoms with E-state index in [1.54, 1.807) is 0 Å². The molecule has 1 aromatic heterocycles. The van der Waals surface area contributed by atoms with E-state index in [0.29, 0.717) is 19.1 Å². The van der Waals surface area contributed by atoms with Crippen LogP contribution >= 0.6 is 0 Å². The Morgan fingerprint density at radius 2 is 2.08 bits per heavy atom. The Kier molecular flexibility index (Phi) is 6.42. The Labute approximate surface area is 150 Å². The zero-order valence-corrected chi connectivity index (χ0v) is 15.5. The summed E-state index contributed by atoms with van der Waals surface area (Å²) in [6, 6.07) is 0.400. The van der Waals surface area contributed by atoms with Gasteiger partial charge in [0.2, 0.25) is 5.91 Å². The smallest absolute Gasteiger partial charge is 0.221 e. The molecule has 1 aromatic rings. The van der Waals surface area contributed by atoms with Crippen LogP contribution in [-0.2, 0) is 16.1 Å². The Morgan fingerprint density at radius 1 is 1.28 bits per heavy atom. The molecule has 3 rings (SSSR count). The summed E-state index contributed by atoms with van der Waals surface area (Å²) in [7, 11) is 0. The van der Waals surface area contributed by atoms with Crippen molar-refractivity contribution in [3.63, 3.8) is 0 Å². The molecule has 0 bridgehead atoms. The molecule has 1 saturated carbocycles. The summed E-state index contributed by atoms with van der Waals surface area (Å²) in [5.41, 5.74) is 0. The predicted octanol–water partition coefficient (Wildman–Crippen LogP) is 1.43. The van der Waals surface area contributed by atoms with Crippen molar-refractivity contribution < 1.29 is 9.53 Å². The number of hydrogen-bond donors (Lipinski definition) is 1. The van der Waals surface area contributed by atoms with Gasteiger partial charge in [0, 0.05) is 32.1 Å². The predicted molar refractivity (Wildman–Crippen MR) is 95.3 cm³/mol. The Balaban J connectivity index is 1.40. The Hall–Kier alpha value is -1.47. The molecule has 1 N–H and O–H groups in total. The summed E-state index contributed by atoms with van der Waals surface area (Å²) in [6.07, 6.45) is 6.77. The first-order chi connectivity index (χ1) is 12.1. The molecule has 1 amide bonds. The number of nitrogens with one attached hydrogen (secondary N) is 1. The summed E-state index contributed by atoms with van der Waals surface area (Å²) in [5.74, 6) is 1.91. The van der Waals surface area contributed by atoms with Crippen LogP contribution in [0, 0.1) is 13.8 Å². The Morgan fingerprint density at radius 3 is 2.80 bits per heavy atom. The first-order valence-corrected chi connectivity index (χ1v) is 9.61. The summed E-state index contributed by atoms with van der Waals surface area (Å²) < 4.78 is 7.79. The number of carbonyl (C=O) groups excluding carboxylic acids is 1. The van der Waals surface area contributed by atoms with Gasteiger partial charge in [-0.3, -0.25) is 9.69 Å². The fraction of sp³-hybridized carbons (Fsp3) is 0.833. The molecule has 2 aliphatic rings. The highest BCUT2D eigenvalue weighted by Crippen LogP contribution is 2.17. The maximum absolute atomic E-state index is 12.2. The molecule has 1 unspecified atom stereocenters. The van der Waals surface area contributed by atoms with Gasteiger partial charge in [-0.25, -0.2) is 9.67 Å². The molecule has 140 valence electrons. The van der Waals surface area contributed by atoms with E-state index in [9.17, 15) is 4.79 Å². The van der Waals surface area contributed by atoms with E-state index < -0.39 is 0 Å². The van der Waals surface area contributed by atoms with E-state index >= 15 is 0 Å². The lowest BCUT2D eigenvalue weighted by Crippen LogP contribution is -2.46. The first kappa shape index (κ1) is 18.3. The highest BCUT2D eigenvalue weighted by molar-refractivity contribution is 5.76. The number of aryl methyl sites for hydroxylation is 2. The number of carbonyl (C=O) groups is 1. The van der Waals surface area contributed by atoms with E-state index in [4.69, 9.17) is 4.74 Å². The molecule has 0 aromatic carbocycles. The number of nitrogens with zero attached hydrogens (tertiary/aromatic N) is 4. The second-order valence-electron chi connectivity index (χ2n) is 7.33. The van der Waals surface area contributed by atoms with Crippen LogP contribution < -0.4 is 5.32 Å². The third kappa shape index (κ3) is 5.51. The Bertz CT molecular complexity index is 568. The van der Waals surface area contributed by atoms with Crippen molar-refractivity contribution in [1.29, 1.82) is 0 Å². The van der Waals surface area contributed by atoms with Crippen molar-refractivity contribution in [2.45, 2.75) is 71.1 Å². The molecule has 1 aliphatic carbocycles. The second kappa shape index (κ2) is 8.76. The van der Waals surface area contributed by atoms with Crippen LogP contribution in [0.25, 0.3) is 0 Å². The maximum Gasteiger partial charge on any atom is 0.221 e. The number of aromatic nitrogens is 3. The molecular formula is C18H31N5O2. The van der Waals surface area contributed by atoms with E-state index in [1.807, 2.05) is 18.5 Å². The van der Waals surface area contributed by atoms with Crippen LogP contribution in [0.1, 0.15) is 50.2 Å². The summed E-state index contributed by atoms with van der Waals surface area (Å²) in [5, 5.41) is 7.61. The zero-order valence-electron chi connectivity index (χ0n) is 15.5. The molecule has 0 spiro atoms. The quantitative estimate of drug-likeness (QED) is 0.841. The minimum absolute atomic E-state index is 0.106. The van der Waals surface area contributed by atoms with Gasteiger partial charge in [0.05, 0.1) is 19.3 Å². The number of ether oxygens (including phenoxy) is 1. The SMILES string of the molecule is Cc1nc(C)n(CC2CN(CCC(=O)NC3CCCCC3)CCO2)n1. The summed E-state index contributed by atoms with van der Waals surface area (Å²) >= 11 is 0. The number of morpholine rings is 1. The van der Waals surface area contributed by atoms with E-state index in [2.05, 4.69) is 20.3 Å². The van der Waals surface area contributed by atoms with Gasteiger partial charge in [-0.1, -0.05) is 19.3 Å². The molecule has 0 radical (unpaired) electrons. The van der Waals surface area contributed by atoms with Crippen LogP contribution in [0.5, 0.6) is 0 Å². The number of rotatable bonds is 6. The highest BCUT2D eigenvalue weighted by Gasteiger charge is 2.23. The van der Waals surface area contributed by atoms with Crippen LogP contribution in [0.2, 0.25) is 0 Å². The van der Waals surface area contributed by atoms with Gasteiger partial charge in [-0.15, -0.1) is 0 Å². The monoisotopic (exact) mass is 349 g/mol. The minimum atomic E-state index is 0.106. The number of amides is 1. The fourth-order valence-corrected chi connectivity index (χ4v) is 3.83. The van der Waals surface area contributed by atoms with Crippen molar-refractivity contribution in [1.82, 2.24) is 25.0 Å². The van der Waals surface area contributed by atoms with Gasteiger partial charge in [-0.2, -0.15) is 5.10 Å². The van der Waals surface area contributed by atoms with Gasteiger partial charge >= 0.3 is 0 Å². The van der Waals surface area contributed by atoms with Gasteiger partial charge in [0.1, 0.15) is 11.6 Å². The van der Waals surface area contributed by atoms with Crippen LogP contribution in [0.4, 0.5) is 0 Å².